The van der Waals surface area contributed by atoms with Gasteiger partial charge in [0.25, 0.3) is 0 Å². The van der Waals surface area contributed by atoms with Crippen molar-refractivity contribution in [2.75, 3.05) is 6.26 Å². The Balaban J connectivity index is 2.74. The quantitative estimate of drug-likeness (QED) is 0.714. The number of aromatic nitrogens is 2. The number of para-hydroxylation sites is 1. The first-order chi connectivity index (χ1) is 5.81. The summed E-state index contributed by atoms with van der Waals surface area (Å²) in [6.07, 6.45) is 1.98. The van der Waals surface area contributed by atoms with Crippen molar-refractivity contribution in [2.45, 2.75) is 5.16 Å². The molecule has 0 aliphatic heterocycles. The number of aromatic amines is 1. The van der Waals surface area contributed by atoms with Gasteiger partial charge in [-0.25, -0.2) is 4.98 Å². The number of benzene rings is 1. The van der Waals surface area contributed by atoms with Gasteiger partial charge in [-0.1, -0.05) is 29.4 Å². The minimum Gasteiger partial charge on any atom is -0.333 e. The lowest BCUT2D eigenvalue weighted by atomic mass is 10.3. The van der Waals surface area contributed by atoms with Gasteiger partial charge >= 0.3 is 0 Å². The molecule has 0 unspecified atom stereocenters. The number of hydrogen-bond acceptors (Lipinski definition) is 2. The topological polar surface area (TPSA) is 28.7 Å². The second kappa shape index (κ2) is 2.99. The first-order valence-electron chi connectivity index (χ1n) is 3.49. The Morgan fingerprint density at radius 3 is 3.00 bits per heavy atom. The number of nitrogens with one attached hydrogen (secondary N) is 1. The van der Waals surface area contributed by atoms with E-state index in [-0.39, 0.29) is 0 Å². The van der Waals surface area contributed by atoms with E-state index in [4.69, 9.17) is 11.6 Å². The third-order valence-corrected chi connectivity index (χ3v) is 2.52. The summed E-state index contributed by atoms with van der Waals surface area (Å²) in [5.74, 6) is 0. The number of nitrogens with zero attached hydrogens (tertiary/aromatic N) is 1. The van der Waals surface area contributed by atoms with Gasteiger partial charge in [0.1, 0.15) is 5.52 Å². The van der Waals surface area contributed by atoms with Crippen molar-refractivity contribution in [3.05, 3.63) is 23.2 Å². The van der Waals surface area contributed by atoms with E-state index in [9.17, 15) is 0 Å². The van der Waals surface area contributed by atoms with Crippen LogP contribution in [0.5, 0.6) is 0 Å². The van der Waals surface area contributed by atoms with Crippen LogP contribution in [0, 0.1) is 0 Å². The highest BCUT2D eigenvalue weighted by atomic mass is 35.5. The maximum absolute atomic E-state index is 5.94. The Kier molecular flexibility index (Phi) is 1.98. The Hall–Kier alpha value is -0.670. The lowest BCUT2D eigenvalue weighted by Crippen LogP contribution is -1.69. The van der Waals surface area contributed by atoms with Crippen LogP contribution in [0.15, 0.2) is 23.4 Å². The number of H-pyrrole nitrogens is 1. The highest BCUT2D eigenvalue weighted by molar-refractivity contribution is 7.98. The lowest BCUT2D eigenvalue weighted by Gasteiger charge is -1.88. The van der Waals surface area contributed by atoms with Gasteiger partial charge in [0, 0.05) is 0 Å². The molecule has 0 spiro atoms. The first kappa shape index (κ1) is 7.95. The molecule has 0 fully saturated rings. The van der Waals surface area contributed by atoms with Gasteiger partial charge in [0.05, 0.1) is 10.5 Å². The molecule has 0 amide bonds. The zero-order valence-electron chi connectivity index (χ0n) is 6.47. The van der Waals surface area contributed by atoms with Crippen LogP contribution in [0.1, 0.15) is 0 Å². The molecule has 1 aromatic carbocycles. The summed E-state index contributed by atoms with van der Waals surface area (Å²) in [6.45, 7) is 0. The van der Waals surface area contributed by atoms with E-state index < -0.39 is 0 Å². The van der Waals surface area contributed by atoms with Crippen LogP contribution in [0.2, 0.25) is 5.02 Å². The van der Waals surface area contributed by atoms with Crippen molar-refractivity contribution >= 4 is 34.4 Å². The monoisotopic (exact) mass is 198 g/mol. The molecule has 0 bridgehead atoms. The van der Waals surface area contributed by atoms with Crippen molar-refractivity contribution in [2.24, 2.45) is 0 Å². The number of imidazole rings is 1. The van der Waals surface area contributed by atoms with Crippen LogP contribution < -0.4 is 0 Å². The number of thioether (sulfide) groups is 1. The molecular weight excluding hydrogens is 192 g/mol. The van der Waals surface area contributed by atoms with E-state index >= 15 is 0 Å². The molecule has 0 radical (unpaired) electrons. The summed E-state index contributed by atoms with van der Waals surface area (Å²) in [4.78, 5) is 7.46. The van der Waals surface area contributed by atoms with Crippen LogP contribution >= 0.6 is 23.4 Å². The van der Waals surface area contributed by atoms with Crippen molar-refractivity contribution < 1.29 is 0 Å². The van der Waals surface area contributed by atoms with Crippen molar-refractivity contribution in [3.63, 3.8) is 0 Å². The third-order valence-electron chi connectivity index (χ3n) is 1.64. The minimum absolute atomic E-state index is 0.698. The fraction of sp³-hybridized carbons (Fsp3) is 0.125. The summed E-state index contributed by atoms with van der Waals surface area (Å²) >= 11 is 7.51. The van der Waals surface area contributed by atoms with E-state index in [1.54, 1.807) is 11.8 Å². The average Bonchev–Trinajstić information content (AvgIpc) is 2.49. The Morgan fingerprint density at radius 1 is 1.50 bits per heavy atom. The predicted octanol–water partition coefficient (Wildman–Crippen LogP) is 2.94. The fourth-order valence-corrected chi connectivity index (χ4v) is 1.68. The molecule has 1 aromatic heterocycles. The van der Waals surface area contributed by atoms with E-state index in [2.05, 4.69) is 9.97 Å². The van der Waals surface area contributed by atoms with Gasteiger partial charge in [-0.3, -0.25) is 0 Å². The van der Waals surface area contributed by atoms with Gasteiger partial charge in [-0.05, 0) is 18.4 Å². The standard InChI is InChI=1S/C8H7ClN2S/c1-12-8-10-6-4-2-3-5(9)7(6)11-8/h2-4H,1H3,(H,10,11). The molecule has 2 aromatic rings. The summed E-state index contributed by atoms with van der Waals surface area (Å²) in [5.41, 5.74) is 1.84. The minimum atomic E-state index is 0.698. The molecule has 0 atom stereocenters. The van der Waals surface area contributed by atoms with E-state index in [1.807, 2.05) is 24.5 Å². The molecule has 0 aliphatic rings. The zero-order valence-corrected chi connectivity index (χ0v) is 8.04. The molecule has 0 saturated heterocycles. The van der Waals surface area contributed by atoms with E-state index in [1.165, 1.54) is 0 Å². The lowest BCUT2D eigenvalue weighted by molar-refractivity contribution is 1.09. The average molecular weight is 199 g/mol. The normalized spacial score (nSPS) is 10.8. The summed E-state index contributed by atoms with van der Waals surface area (Å²) < 4.78 is 0. The van der Waals surface area contributed by atoms with Gasteiger partial charge in [0.2, 0.25) is 0 Å². The molecule has 2 nitrogen and oxygen atoms in total. The molecule has 12 heavy (non-hydrogen) atoms. The first-order valence-corrected chi connectivity index (χ1v) is 5.10. The summed E-state index contributed by atoms with van der Waals surface area (Å²) in [5, 5.41) is 1.60. The van der Waals surface area contributed by atoms with Crippen molar-refractivity contribution in [1.29, 1.82) is 0 Å². The second-order valence-corrected chi connectivity index (χ2v) is 3.58. The highest BCUT2D eigenvalue weighted by Crippen LogP contribution is 2.23. The van der Waals surface area contributed by atoms with Gasteiger partial charge in [-0.2, -0.15) is 0 Å². The molecule has 1 heterocycles. The van der Waals surface area contributed by atoms with E-state index in [0.29, 0.717) is 5.02 Å². The fourth-order valence-electron chi connectivity index (χ4n) is 1.07. The molecule has 0 aliphatic carbocycles. The van der Waals surface area contributed by atoms with Crippen molar-refractivity contribution in [3.8, 4) is 0 Å². The molecule has 4 heteroatoms. The van der Waals surface area contributed by atoms with Gasteiger partial charge in [0.15, 0.2) is 5.16 Å². The molecule has 0 saturated carbocycles. The molecular formula is C8H7ClN2S. The molecule has 2 rings (SSSR count). The third kappa shape index (κ3) is 1.19. The number of rotatable bonds is 1. The van der Waals surface area contributed by atoms with E-state index in [0.717, 1.165) is 16.2 Å². The summed E-state index contributed by atoms with van der Waals surface area (Å²) in [7, 11) is 0. The maximum atomic E-state index is 5.94. The van der Waals surface area contributed by atoms with Crippen LogP contribution in [0.4, 0.5) is 0 Å². The van der Waals surface area contributed by atoms with Crippen LogP contribution in [-0.4, -0.2) is 16.2 Å². The zero-order chi connectivity index (χ0) is 8.55. The number of halogens is 1. The van der Waals surface area contributed by atoms with Crippen molar-refractivity contribution in [1.82, 2.24) is 9.97 Å². The predicted molar refractivity (Wildman–Crippen MR) is 52.9 cm³/mol. The Morgan fingerprint density at radius 2 is 2.33 bits per heavy atom. The van der Waals surface area contributed by atoms with Crippen LogP contribution in [0.25, 0.3) is 11.0 Å². The van der Waals surface area contributed by atoms with Gasteiger partial charge < -0.3 is 4.98 Å². The second-order valence-electron chi connectivity index (χ2n) is 2.38. The SMILES string of the molecule is CSc1nc2c(Cl)cccc2[nH]1. The van der Waals surface area contributed by atoms with Gasteiger partial charge in [-0.15, -0.1) is 0 Å². The Labute approximate surface area is 79.3 Å². The van der Waals surface area contributed by atoms with Crippen LogP contribution in [-0.2, 0) is 0 Å². The smallest absolute Gasteiger partial charge is 0.166 e. The summed E-state index contributed by atoms with van der Waals surface area (Å²) in [6, 6.07) is 5.72. The highest BCUT2D eigenvalue weighted by Gasteiger charge is 2.03. The van der Waals surface area contributed by atoms with Crippen LogP contribution in [0.3, 0.4) is 0 Å². The largest absolute Gasteiger partial charge is 0.333 e. The maximum Gasteiger partial charge on any atom is 0.166 e. The molecule has 1 N–H and O–H groups in total. The number of fused-ring (bicyclic) bond motifs is 1. The molecule has 62 valence electrons. The number of hydrogen-bond donors (Lipinski definition) is 1. The Bertz CT molecular complexity index is 410.